The van der Waals surface area contributed by atoms with Gasteiger partial charge in [0.1, 0.15) is 0 Å². The van der Waals surface area contributed by atoms with Crippen molar-refractivity contribution in [2.24, 2.45) is 0 Å². The number of thiocarbonyl (C=S) groups is 1. The molecule has 0 unspecified atom stereocenters. The number of halogens is 5. The summed E-state index contributed by atoms with van der Waals surface area (Å²) < 4.78 is 41.3. The van der Waals surface area contributed by atoms with Crippen molar-refractivity contribution in [3.63, 3.8) is 0 Å². The topological polar surface area (TPSA) is 41.9 Å². The summed E-state index contributed by atoms with van der Waals surface area (Å²) in [5, 5.41) is 11.1. The van der Waals surface area contributed by atoms with Crippen molar-refractivity contribution >= 4 is 51.9 Å². The van der Waals surface area contributed by atoms with E-state index in [0.29, 0.717) is 28.0 Å². The molecule has 10 heteroatoms. The fraction of sp³-hybridized carbons (Fsp3) is 0.200. The number of rotatable bonds is 4. The molecule has 0 saturated carbocycles. The summed E-state index contributed by atoms with van der Waals surface area (Å²) >= 11 is 17.4. The Morgan fingerprint density at radius 1 is 1.10 bits per heavy atom. The van der Waals surface area contributed by atoms with Crippen LogP contribution in [0.3, 0.4) is 0 Å². The van der Waals surface area contributed by atoms with Gasteiger partial charge in [-0.15, -0.1) is 0 Å². The molecule has 2 N–H and O–H groups in total. The maximum absolute atomic E-state index is 13.2. The van der Waals surface area contributed by atoms with Crippen molar-refractivity contribution < 1.29 is 13.2 Å². The molecule has 0 aliphatic rings. The molecule has 0 atom stereocenters. The second kappa shape index (κ2) is 8.83. The van der Waals surface area contributed by atoms with Crippen LogP contribution in [0.15, 0.2) is 42.5 Å². The van der Waals surface area contributed by atoms with Crippen LogP contribution in [0, 0.1) is 13.8 Å². The van der Waals surface area contributed by atoms with Crippen LogP contribution in [-0.4, -0.2) is 14.9 Å². The molecule has 0 fully saturated rings. The van der Waals surface area contributed by atoms with Crippen LogP contribution >= 0.6 is 35.4 Å². The van der Waals surface area contributed by atoms with Gasteiger partial charge in [-0.25, -0.2) is 0 Å². The molecule has 0 bridgehead atoms. The number of hydrogen-bond acceptors (Lipinski definition) is 2. The highest BCUT2D eigenvalue weighted by atomic mass is 35.5. The van der Waals surface area contributed by atoms with Crippen LogP contribution < -0.4 is 10.6 Å². The number of aryl methyl sites for hydroxylation is 1. The van der Waals surface area contributed by atoms with Gasteiger partial charge >= 0.3 is 6.18 Å². The number of nitrogens with zero attached hydrogens (tertiary/aromatic N) is 2. The molecule has 0 radical (unpaired) electrons. The average Bonchev–Trinajstić information content (AvgIpc) is 2.91. The zero-order valence-electron chi connectivity index (χ0n) is 15.9. The Labute approximate surface area is 187 Å². The van der Waals surface area contributed by atoms with Crippen LogP contribution in [0.5, 0.6) is 0 Å². The Hall–Kier alpha value is -2.29. The lowest BCUT2D eigenvalue weighted by atomic mass is 10.1. The van der Waals surface area contributed by atoms with Gasteiger partial charge in [0.2, 0.25) is 0 Å². The summed E-state index contributed by atoms with van der Waals surface area (Å²) in [5.41, 5.74) is 1.92. The molecule has 2 aromatic carbocycles. The number of alkyl halides is 3. The Morgan fingerprint density at radius 3 is 2.47 bits per heavy atom. The normalized spacial score (nSPS) is 11.4. The van der Waals surface area contributed by atoms with Crippen LogP contribution in [0.1, 0.15) is 22.5 Å². The van der Waals surface area contributed by atoms with Crippen molar-refractivity contribution in [1.29, 1.82) is 0 Å². The first-order valence-corrected chi connectivity index (χ1v) is 9.95. The van der Waals surface area contributed by atoms with Crippen molar-refractivity contribution in [3.05, 3.63) is 75.0 Å². The molecular formula is C20H17Cl2F3N4S. The molecule has 0 spiro atoms. The Bertz CT molecular complexity index is 1100. The summed E-state index contributed by atoms with van der Waals surface area (Å²) in [4.78, 5) is 0. The SMILES string of the molecule is Cc1nn(Cc2ccc(Cl)cc2Cl)c(C)c1NC(=S)Nc1ccccc1C(F)(F)F. The van der Waals surface area contributed by atoms with E-state index in [1.165, 1.54) is 18.2 Å². The Kier molecular flexibility index (Phi) is 6.59. The van der Waals surface area contributed by atoms with E-state index in [4.69, 9.17) is 35.4 Å². The number of para-hydroxylation sites is 1. The quantitative estimate of drug-likeness (QED) is 0.415. The zero-order valence-corrected chi connectivity index (χ0v) is 18.3. The van der Waals surface area contributed by atoms with E-state index in [1.807, 2.05) is 13.0 Å². The van der Waals surface area contributed by atoms with Crippen molar-refractivity contribution in [2.45, 2.75) is 26.6 Å². The summed E-state index contributed by atoms with van der Waals surface area (Å²) in [6.45, 7) is 4.02. The molecule has 0 amide bonds. The molecule has 4 nitrogen and oxygen atoms in total. The standard InChI is InChI=1S/C20H17Cl2F3N4S/c1-11-18(12(2)29(28-11)10-13-7-8-14(21)9-16(13)22)27-19(30)26-17-6-4-3-5-15(17)20(23,24)25/h3-9H,10H2,1-2H3,(H2,26,27,30). The van der Waals surface area contributed by atoms with E-state index in [-0.39, 0.29) is 10.8 Å². The highest BCUT2D eigenvalue weighted by Gasteiger charge is 2.33. The van der Waals surface area contributed by atoms with Gasteiger partial charge in [-0.3, -0.25) is 4.68 Å². The molecule has 0 saturated heterocycles. The van der Waals surface area contributed by atoms with Gasteiger partial charge in [0, 0.05) is 10.0 Å². The third-order valence-electron chi connectivity index (χ3n) is 4.44. The van der Waals surface area contributed by atoms with Gasteiger partial charge in [0.15, 0.2) is 5.11 Å². The zero-order chi connectivity index (χ0) is 22.1. The maximum atomic E-state index is 13.2. The maximum Gasteiger partial charge on any atom is 0.418 e. The summed E-state index contributed by atoms with van der Waals surface area (Å²) in [6, 6.07) is 10.4. The third-order valence-corrected chi connectivity index (χ3v) is 5.23. The molecule has 30 heavy (non-hydrogen) atoms. The number of nitrogens with one attached hydrogen (secondary N) is 2. The summed E-state index contributed by atoms with van der Waals surface area (Å²) in [6.07, 6.45) is -4.49. The second-order valence-corrected chi connectivity index (χ2v) is 7.81. The lowest BCUT2D eigenvalue weighted by Crippen LogP contribution is -2.22. The lowest BCUT2D eigenvalue weighted by Gasteiger charge is -2.16. The minimum atomic E-state index is -4.49. The average molecular weight is 473 g/mol. The van der Waals surface area contributed by atoms with E-state index >= 15 is 0 Å². The highest BCUT2D eigenvalue weighted by molar-refractivity contribution is 7.80. The number of aromatic nitrogens is 2. The molecule has 158 valence electrons. The summed E-state index contributed by atoms with van der Waals surface area (Å²) in [7, 11) is 0. The van der Waals surface area contributed by atoms with Gasteiger partial charge in [0.25, 0.3) is 0 Å². The minimum absolute atomic E-state index is 0.0296. The molecule has 3 aromatic rings. The monoisotopic (exact) mass is 472 g/mol. The van der Waals surface area contributed by atoms with Crippen molar-refractivity contribution in [2.75, 3.05) is 10.6 Å². The molecule has 1 heterocycles. The number of anilines is 2. The first-order valence-electron chi connectivity index (χ1n) is 8.78. The van der Waals surface area contributed by atoms with Gasteiger partial charge in [-0.05, 0) is 55.9 Å². The fourth-order valence-corrected chi connectivity index (χ4v) is 3.63. The smallest absolute Gasteiger partial charge is 0.332 e. The van der Waals surface area contributed by atoms with Gasteiger partial charge in [-0.1, -0.05) is 41.4 Å². The largest absolute Gasteiger partial charge is 0.418 e. The molecule has 1 aromatic heterocycles. The van der Waals surface area contributed by atoms with Crippen LogP contribution in [0.25, 0.3) is 0 Å². The molecule has 0 aliphatic heterocycles. The number of hydrogen-bond donors (Lipinski definition) is 2. The first-order chi connectivity index (χ1) is 14.1. The van der Waals surface area contributed by atoms with E-state index in [9.17, 15) is 13.2 Å². The van der Waals surface area contributed by atoms with E-state index in [0.717, 1.165) is 17.3 Å². The Morgan fingerprint density at radius 2 is 1.80 bits per heavy atom. The molecule has 3 rings (SSSR count). The first kappa shape index (κ1) is 22.4. The number of benzene rings is 2. The molecular weight excluding hydrogens is 456 g/mol. The van der Waals surface area contributed by atoms with Gasteiger partial charge < -0.3 is 10.6 Å². The predicted molar refractivity (Wildman–Crippen MR) is 119 cm³/mol. The van der Waals surface area contributed by atoms with Crippen LogP contribution in [-0.2, 0) is 12.7 Å². The van der Waals surface area contributed by atoms with E-state index in [2.05, 4.69) is 15.7 Å². The fourth-order valence-electron chi connectivity index (χ4n) is 2.95. The van der Waals surface area contributed by atoms with E-state index in [1.54, 1.807) is 23.7 Å². The van der Waals surface area contributed by atoms with Crippen LogP contribution in [0.2, 0.25) is 10.0 Å². The van der Waals surface area contributed by atoms with E-state index < -0.39 is 11.7 Å². The van der Waals surface area contributed by atoms with Gasteiger partial charge in [0.05, 0.1) is 34.9 Å². The third kappa shape index (κ3) is 5.06. The summed E-state index contributed by atoms with van der Waals surface area (Å²) in [5.74, 6) is 0. The van der Waals surface area contributed by atoms with Gasteiger partial charge in [-0.2, -0.15) is 18.3 Å². The van der Waals surface area contributed by atoms with Crippen molar-refractivity contribution in [1.82, 2.24) is 9.78 Å². The predicted octanol–water partition coefficient (Wildman–Crippen LogP) is 6.68. The lowest BCUT2D eigenvalue weighted by molar-refractivity contribution is -0.136. The Balaban J connectivity index is 1.79. The minimum Gasteiger partial charge on any atom is -0.332 e. The van der Waals surface area contributed by atoms with Crippen molar-refractivity contribution in [3.8, 4) is 0 Å². The highest BCUT2D eigenvalue weighted by Crippen LogP contribution is 2.34. The molecule has 0 aliphatic carbocycles. The van der Waals surface area contributed by atoms with Crippen LogP contribution in [0.4, 0.5) is 24.5 Å². The second-order valence-electron chi connectivity index (χ2n) is 6.56.